The molecule has 0 spiro atoms. The van der Waals surface area contributed by atoms with Gasteiger partial charge in [-0.2, -0.15) is 0 Å². The number of nitrogens with one attached hydrogen (secondary N) is 2. The molecule has 1 aliphatic heterocycles. The number of anilines is 2. The third-order valence-corrected chi connectivity index (χ3v) is 4.98. The third-order valence-electron chi connectivity index (χ3n) is 4.98. The lowest BCUT2D eigenvalue weighted by molar-refractivity contribution is -0.128. The lowest BCUT2D eigenvalue weighted by atomic mass is 10.1. The zero-order valence-corrected chi connectivity index (χ0v) is 17.7. The Morgan fingerprint density at radius 1 is 1.06 bits per heavy atom. The molecule has 1 aliphatic rings. The van der Waals surface area contributed by atoms with Crippen LogP contribution in [0.3, 0.4) is 0 Å². The minimum absolute atomic E-state index is 0.0325. The molecule has 1 fully saturated rings. The van der Waals surface area contributed by atoms with Crippen molar-refractivity contribution in [2.75, 3.05) is 37.5 Å². The Hall–Kier alpha value is -3.39. The average Bonchev–Trinajstić information content (AvgIpc) is 3.10. The van der Waals surface area contributed by atoms with Crippen LogP contribution in [-0.2, 0) is 25.6 Å². The second-order valence-electron chi connectivity index (χ2n) is 7.48. The van der Waals surface area contributed by atoms with Gasteiger partial charge in [0.1, 0.15) is 6.61 Å². The minimum Gasteiger partial charge on any atom is -0.447 e. The lowest BCUT2D eigenvalue weighted by Crippen LogP contribution is -2.28. The second kappa shape index (κ2) is 10.6. The summed E-state index contributed by atoms with van der Waals surface area (Å²) in [6.07, 6.45) is -0.421. The van der Waals surface area contributed by atoms with E-state index in [0.29, 0.717) is 31.1 Å². The Balaban J connectivity index is 1.53. The molecule has 3 amide bonds. The van der Waals surface area contributed by atoms with Gasteiger partial charge in [0.15, 0.2) is 0 Å². The Morgan fingerprint density at radius 2 is 1.77 bits per heavy atom. The molecule has 0 saturated carbocycles. The standard InChI is InChI=1S/C23H27N3O5/c1-16-6-8-17(9-7-16)14-26-15-18(12-21(26)27)22(28)24-19-4-3-5-20(13-19)25-23(29)31-11-10-30-2/h3-9,13,18H,10-12,14-15H2,1-2H3,(H,24,28)(H,25,29). The molecule has 2 aromatic carbocycles. The van der Waals surface area contributed by atoms with E-state index in [1.165, 1.54) is 7.11 Å². The van der Waals surface area contributed by atoms with E-state index < -0.39 is 12.0 Å². The second-order valence-corrected chi connectivity index (χ2v) is 7.48. The number of rotatable bonds is 8. The van der Waals surface area contributed by atoms with Crippen LogP contribution in [0.1, 0.15) is 17.5 Å². The predicted octanol–water partition coefficient (Wildman–Crippen LogP) is 3.18. The summed E-state index contributed by atoms with van der Waals surface area (Å²) in [4.78, 5) is 38.5. The molecular formula is C23H27N3O5. The first-order valence-corrected chi connectivity index (χ1v) is 10.1. The zero-order valence-electron chi connectivity index (χ0n) is 17.7. The highest BCUT2D eigenvalue weighted by atomic mass is 16.6. The van der Waals surface area contributed by atoms with E-state index >= 15 is 0 Å². The molecule has 31 heavy (non-hydrogen) atoms. The summed E-state index contributed by atoms with van der Waals surface area (Å²) >= 11 is 0. The Morgan fingerprint density at radius 3 is 2.48 bits per heavy atom. The molecule has 8 heteroatoms. The Kier molecular flexibility index (Phi) is 7.61. The van der Waals surface area contributed by atoms with E-state index in [-0.39, 0.29) is 24.8 Å². The summed E-state index contributed by atoms with van der Waals surface area (Å²) in [5.74, 6) is -0.678. The van der Waals surface area contributed by atoms with E-state index in [0.717, 1.165) is 11.1 Å². The van der Waals surface area contributed by atoms with Crippen molar-refractivity contribution < 1.29 is 23.9 Å². The van der Waals surface area contributed by atoms with Crippen LogP contribution in [0.5, 0.6) is 0 Å². The van der Waals surface area contributed by atoms with Crippen molar-refractivity contribution in [1.29, 1.82) is 0 Å². The van der Waals surface area contributed by atoms with Gasteiger partial charge >= 0.3 is 6.09 Å². The molecule has 0 aromatic heterocycles. The first kappa shape index (κ1) is 22.3. The topological polar surface area (TPSA) is 97.0 Å². The summed E-state index contributed by atoms with van der Waals surface area (Å²) in [6.45, 7) is 3.34. The fourth-order valence-corrected chi connectivity index (χ4v) is 3.31. The molecule has 8 nitrogen and oxygen atoms in total. The fourth-order valence-electron chi connectivity index (χ4n) is 3.31. The number of hydrogen-bond donors (Lipinski definition) is 2. The number of benzene rings is 2. The molecule has 1 saturated heterocycles. The van der Waals surface area contributed by atoms with E-state index in [1.807, 2.05) is 31.2 Å². The van der Waals surface area contributed by atoms with Crippen LogP contribution in [0, 0.1) is 12.8 Å². The first-order chi connectivity index (χ1) is 14.9. The van der Waals surface area contributed by atoms with Crippen LogP contribution in [-0.4, -0.2) is 49.7 Å². The van der Waals surface area contributed by atoms with Gasteiger partial charge in [-0.1, -0.05) is 35.9 Å². The molecule has 1 unspecified atom stereocenters. The van der Waals surface area contributed by atoms with Gasteiger partial charge < -0.3 is 19.7 Å². The molecule has 0 bridgehead atoms. The van der Waals surface area contributed by atoms with Gasteiger partial charge in [-0.15, -0.1) is 0 Å². The van der Waals surface area contributed by atoms with Crippen molar-refractivity contribution in [2.45, 2.75) is 19.9 Å². The molecule has 1 atom stereocenters. The smallest absolute Gasteiger partial charge is 0.411 e. The monoisotopic (exact) mass is 425 g/mol. The molecule has 0 radical (unpaired) electrons. The average molecular weight is 425 g/mol. The summed E-state index contributed by atoms with van der Waals surface area (Å²) in [5, 5.41) is 5.43. The van der Waals surface area contributed by atoms with E-state index in [4.69, 9.17) is 9.47 Å². The summed E-state index contributed by atoms with van der Waals surface area (Å²) in [6, 6.07) is 14.8. The first-order valence-electron chi connectivity index (χ1n) is 10.1. The van der Waals surface area contributed by atoms with Crippen molar-refractivity contribution in [3.8, 4) is 0 Å². The highest BCUT2D eigenvalue weighted by Gasteiger charge is 2.34. The van der Waals surface area contributed by atoms with Gasteiger partial charge in [-0.05, 0) is 30.7 Å². The lowest BCUT2D eigenvalue weighted by Gasteiger charge is -2.17. The van der Waals surface area contributed by atoms with Crippen molar-refractivity contribution in [2.24, 2.45) is 5.92 Å². The quantitative estimate of drug-likeness (QED) is 0.633. The Labute approximate surface area is 181 Å². The van der Waals surface area contributed by atoms with Gasteiger partial charge in [-0.3, -0.25) is 14.9 Å². The number of carbonyl (C=O) groups is 3. The molecule has 0 aliphatic carbocycles. The maximum absolute atomic E-state index is 12.7. The number of amides is 3. The molecule has 2 aromatic rings. The third kappa shape index (κ3) is 6.55. The number of aryl methyl sites for hydroxylation is 1. The molecular weight excluding hydrogens is 398 g/mol. The minimum atomic E-state index is -0.603. The van der Waals surface area contributed by atoms with Crippen LogP contribution >= 0.6 is 0 Å². The normalized spacial score (nSPS) is 15.6. The number of methoxy groups -OCH3 is 1. The highest BCUT2D eigenvalue weighted by molar-refractivity contribution is 5.97. The molecule has 2 N–H and O–H groups in total. The van der Waals surface area contributed by atoms with Crippen molar-refractivity contribution in [1.82, 2.24) is 4.90 Å². The van der Waals surface area contributed by atoms with Gasteiger partial charge in [0, 0.05) is 38.0 Å². The van der Waals surface area contributed by atoms with Crippen LogP contribution in [0.4, 0.5) is 16.2 Å². The summed E-state index contributed by atoms with van der Waals surface area (Å²) < 4.78 is 9.79. The SMILES string of the molecule is COCCOC(=O)Nc1cccc(NC(=O)C2CC(=O)N(Cc3ccc(C)cc3)C2)c1. The summed E-state index contributed by atoms with van der Waals surface area (Å²) in [5.41, 5.74) is 3.22. The largest absolute Gasteiger partial charge is 0.447 e. The summed E-state index contributed by atoms with van der Waals surface area (Å²) in [7, 11) is 1.52. The highest BCUT2D eigenvalue weighted by Crippen LogP contribution is 2.23. The van der Waals surface area contributed by atoms with Gasteiger partial charge in [0.25, 0.3) is 0 Å². The van der Waals surface area contributed by atoms with Crippen LogP contribution < -0.4 is 10.6 Å². The van der Waals surface area contributed by atoms with Crippen LogP contribution in [0.25, 0.3) is 0 Å². The molecule has 164 valence electrons. The number of likely N-dealkylation sites (tertiary alicyclic amines) is 1. The maximum Gasteiger partial charge on any atom is 0.411 e. The maximum atomic E-state index is 12.7. The van der Waals surface area contributed by atoms with E-state index in [2.05, 4.69) is 10.6 Å². The zero-order chi connectivity index (χ0) is 22.2. The van der Waals surface area contributed by atoms with E-state index in [1.54, 1.807) is 29.2 Å². The van der Waals surface area contributed by atoms with Gasteiger partial charge in [0.05, 0.1) is 12.5 Å². The van der Waals surface area contributed by atoms with Gasteiger partial charge in [0.2, 0.25) is 11.8 Å². The molecule has 3 rings (SSSR count). The van der Waals surface area contributed by atoms with Crippen molar-refractivity contribution in [3.63, 3.8) is 0 Å². The van der Waals surface area contributed by atoms with Crippen molar-refractivity contribution >= 4 is 29.3 Å². The fraction of sp³-hybridized carbons (Fsp3) is 0.348. The van der Waals surface area contributed by atoms with Gasteiger partial charge in [-0.25, -0.2) is 4.79 Å². The number of ether oxygens (including phenoxy) is 2. The number of nitrogens with zero attached hydrogens (tertiary/aromatic N) is 1. The molecule has 1 heterocycles. The van der Waals surface area contributed by atoms with Crippen molar-refractivity contribution in [3.05, 3.63) is 59.7 Å². The van der Waals surface area contributed by atoms with Crippen LogP contribution in [0.15, 0.2) is 48.5 Å². The van der Waals surface area contributed by atoms with Crippen LogP contribution in [0.2, 0.25) is 0 Å². The Bertz CT molecular complexity index is 929. The number of hydrogen-bond acceptors (Lipinski definition) is 5. The predicted molar refractivity (Wildman–Crippen MR) is 117 cm³/mol. The number of carbonyl (C=O) groups excluding carboxylic acids is 3. The van der Waals surface area contributed by atoms with E-state index in [9.17, 15) is 14.4 Å².